The molecule has 1 rings (SSSR count). The van der Waals surface area contributed by atoms with Gasteiger partial charge in [-0.1, -0.05) is 18.2 Å². The second-order valence-electron chi connectivity index (χ2n) is 5.13. The van der Waals surface area contributed by atoms with Gasteiger partial charge in [-0.25, -0.2) is 13.1 Å². The molecule has 5 nitrogen and oxygen atoms in total. The van der Waals surface area contributed by atoms with Crippen LogP contribution < -0.4 is 14.9 Å². The van der Waals surface area contributed by atoms with Crippen molar-refractivity contribution in [2.45, 2.75) is 19.3 Å². The maximum atomic E-state index is 11.8. The Balaban J connectivity index is 2.18. The normalized spacial score (nSPS) is 11.5. The first-order valence-corrected chi connectivity index (χ1v) is 9.08. The SMILES string of the molecule is CNCCCCS(=O)(=O)NCCCN(C)c1ccccc1. The first-order chi connectivity index (χ1) is 10.0. The lowest BCUT2D eigenvalue weighted by Crippen LogP contribution is -2.30. The van der Waals surface area contributed by atoms with Crippen LogP contribution in [0, 0.1) is 0 Å². The van der Waals surface area contributed by atoms with Gasteiger partial charge in [0.15, 0.2) is 0 Å². The van der Waals surface area contributed by atoms with E-state index < -0.39 is 10.0 Å². The molecule has 0 saturated carbocycles. The van der Waals surface area contributed by atoms with Gasteiger partial charge in [-0.15, -0.1) is 0 Å². The summed E-state index contributed by atoms with van der Waals surface area (Å²) >= 11 is 0. The van der Waals surface area contributed by atoms with Gasteiger partial charge < -0.3 is 10.2 Å². The van der Waals surface area contributed by atoms with Gasteiger partial charge >= 0.3 is 0 Å². The van der Waals surface area contributed by atoms with Crippen LogP contribution in [-0.2, 0) is 10.0 Å². The van der Waals surface area contributed by atoms with Crippen LogP contribution in [0.4, 0.5) is 5.69 Å². The number of para-hydroxylation sites is 1. The minimum absolute atomic E-state index is 0.212. The monoisotopic (exact) mass is 313 g/mol. The van der Waals surface area contributed by atoms with Gasteiger partial charge in [-0.2, -0.15) is 0 Å². The second-order valence-corrected chi connectivity index (χ2v) is 7.06. The molecule has 0 spiro atoms. The molecule has 0 amide bonds. The maximum Gasteiger partial charge on any atom is 0.211 e. The molecule has 0 bridgehead atoms. The van der Waals surface area contributed by atoms with Crippen molar-refractivity contribution in [3.8, 4) is 0 Å². The molecular weight excluding hydrogens is 286 g/mol. The van der Waals surface area contributed by atoms with Gasteiger partial charge in [0, 0.05) is 25.8 Å². The number of hydrogen-bond acceptors (Lipinski definition) is 4. The summed E-state index contributed by atoms with van der Waals surface area (Å²) in [5, 5.41) is 3.01. The Kier molecular flexibility index (Phi) is 8.34. The quantitative estimate of drug-likeness (QED) is 0.607. The molecule has 0 fully saturated rings. The number of nitrogens with zero attached hydrogens (tertiary/aromatic N) is 1. The maximum absolute atomic E-state index is 11.8. The van der Waals surface area contributed by atoms with Crippen LogP contribution in [0.1, 0.15) is 19.3 Å². The number of unbranched alkanes of at least 4 members (excludes halogenated alkanes) is 1. The predicted molar refractivity (Wildman–Crippen MR) is 89.3 cm³/mol. The fourth-order valence-corrected chi connectivity index (χ4v) is 3.21. The molecule has 0 aromatic heterocycles. The zero-order valence-electron chi connectivity index (χ0n) is 13.0. The van der Waals surface area contributed by atoms with Gasteiger partial charge in [-0.3, -0.25) is 0 Å². The zero-order valence-corrected chi connectivity index (χ0v) is 13.8. The molecule has 0 heterocycles. The highest BCUT2D eigenvalue weighted by atomic mass is 32.2. The fraction of sp³-hybridized carbons (Fsp3) is 0.600. The highest BCUT2D eigenvalue weighted by Crippen LogP contribution is 2.10. The van der Waals surface area contributed by atoms with Gasteiger partial charge in [0.1, 0.15) is 0 Å². The molecule has 1 aromatic carbocycles. The second kappa shape index (κ2) is 9.76. The minimum atomic E-state index is -3.12. The lowest BCUT2D eigenvalue weighted by atomic mass is 10.3. The highest BCUT2D eigenvalue weighted by molar-refractivity contribution is 7.89. The zero-order chi connectivity index (χ0) is 15.6. The van der Waals surface area contributed by atoms with Crippen molar-refractivity contribution in [3.63, 3.8) is 0 Å². The van der Waals surface area contributed by atoms with E-state index in [0.29, 0.717) is 13.0 Å². The Hall–Kier alpha value is -1.11. The van der Waals surface area contributed by atoms with Crippen LogP contribution in [0.2, 0.25) is 0 Å². The summed E-state index contributed by atoms with van der Waals surface area (Å²) in [6.07, 6.45) is 2.37. The number of nitrogens with one attached hydrogen (secondary N) is 2. The summed E-state index contributed by atoms with van der Waals surface area (Å²) in [6, 6.07) is 10.1. The third-order valence-electron chi connectivity index (χ3n) is 3.28. The summed E-state index contributed by atoms with van der Waals surface area (Å²) < 4.78 is 26.2. The smallest absolute Gasteiger partial charge is 0.211 e. The summed E-state index contributed by atoms with van der Waals surface area (Å²) in [4.78, 5) is 2.13. The standard InChI is InChI=1S/C15H27N3O2S/c1-16-11-6-7-14-21(19,20)17-12-8-13-18(2)15-9-4-3-5-10-15/h3-5,9-10,16-17H,6-8,11-14H2,1-2H3. The Morgan fingerprint density at radius 3 is 2.43 bits per heavy atom. The van der Waals surface area contributed by atoms with Crippen LogP contribution in [-0.4, -0.2) is 47.9 Å². The van der Waals surface area contributed by atoms with Crippen LogP contribution in [0.3, 0.4) is 0 Å². The van der Waals surface area contributed by atoms with Crippen molar-refractivity contribution in [3.05, 3.63) is 30.3 Å². The first kappa shape index (κ1) is 17.9. The fourth-order valence-electron chi connectivity index (χ4n) is 2.02. The van der Waals surface area contributed by atoms with Crippen molar-refractivity contribution in [1.82, 2.24) is 10.0 Å². The summed E-state index contributed by atoms with van der Waals surface area (Å²) in [5.74, 6) is 0.212. The van der Waals surface area contributed by atoms with E-state index in [-0.39, 0.29) is 5.75 Å². The van der Waals surface area contributed by atoms with E-state index in [1.54, 1.807) is 0 Å². The predicted octanol–water partition coefficient (Wildman–Crippen LogP) is 1.43. The summed E-state index contributed by atoms with van der Waals surface area (Å²) in [5.41, 5.74) is 1.15. The number of benzene rings is 1. The molecule has 6 heteroatoms. The van der Waals surface area contributed by atoms with Crippen LogP contribution >= 0.6 is 0 Å². The molecule has 2 N–H and O–H groups in total. The molecule has 0 atom stereocenters. The molecule has 0 radical (unpaired) electrons. The lowest BCUT2D eigenvalue weighted by molar-refractivity contribution is 0.573. The first-order valence-electron chi connectivity index (χ1n) is 7.43. The van der Waals surface area contributed by atoms with E-state index in [0.717, 1.165) is 31.6 Å². The van der Waals surface area contributed by atoms with Crippen molar-refractivity contribution in [2.24, 2.45) is 0 Å². The highest BCUT2D eigenvalue weighted by Gasteiger charge is 2.09. The van der Waals surface area contributed by atoms with Crippen LogP contribution in [0.25, 0.3) is 0 Å². The number of hydrogen-bond donors (Lipinski definition) is 2. The van der Waals surface area contributed by atoms with Gasteiger partial charge in [0.2, 0.25) is 10.0 Å². The van der Waals surface area contributed by atoms with E-state index in [1.165, 1.54) is 0 Å². The van der Waals surface area contributed by atoms with Crippen LogP contribution in [0.5, 0.6) is 0 Å². The van der Waals surface area contributed by atoms with Gasteiger partial charge in [-0.05, 0) is 45.0 Å². The summed E-state index contributed by atoms with van der Waals surface area (Å²) in [6.45, 7) is 2.18. The third-order valence-corrected chi connectivity index (χ3v) is 4.75. The van der Waals surface area contributed by atoms with Crippen molar-refractivity contribution in [2.75, 3.05) is 44.4 Å². The van der Waals surface area contributed by atoms with Gasteiger partial charge in [0.25, 0.3) is 0 Å². The average molecular weight is 313 g/mol. The molecule has 0 saturated heterocycles. The average Bonchev–Trinajstić information content (AvgIpc) is 2.49. The van der Waals surface area contributed by atoms with E-state index in [1.807, 2.05) is 44.4 Å². The molecular formula is C15H27N3O2S. The minimum Gasteiger partial charge on any atom is -0.375 e. The largest absolute Gasteiger partial charge is 0.375 e. The topological polar surface area (TPSA) is 61.4 Å². The van der Waals surface area contributed by atoms with E-state index in [4.69, 9.17) is 0 Å². The number of rotatable bonds is 11. The molecule has 120 valence electrons. The van der Waals surface area contributed by atoms with Gasteiger partial charge in [0.05, 0.1) is 5.75 Å². The molecule has 0 unspecified atom stereocenters. The Morgan fingerprint density at radius 2 is 1.76 bits per heavy atom. The summed E-state index contributed by atoms with van der Waals surface area (Å²) in [7, 11) is 0.766. The van der Waals surface area contributed by atoms with Crippen molar-refractivity contribution < 1.29 is 8.42 Å². The van der Waals surface area contributed by atoms with Crippen LogP contribution in [0.15, 0.2) is 30.3 Å². The molecule has 21 heavy (non-hydrogen) atoms. The lowest BCUT2D eigenvalue weighted by Gasteiger charge is -2.19. The molecule has 0 aliphatic carbocycles. The molecule has 0 aliphatic heterocycles. The van der Waals surface area contributed by atoms with Crippen molar-refractivity contribution in [1.29, 1.82) is 0 Å². The Morgan fingerprint density at radius 1 is 1.05 bits per heavy atom. The van der Waals surface area contributed by atoms with Crippen molar-refractivity contribution >= 4 is 15.7 Å². The van der Waals surface area contributed by atoms with E-state index in [2.05, 4.69) is 14.9 Å². The number of anilines is 1. The molecule has 1 aromatic rings. The van der Waals surface area contributed by atoms with E-state index >= 15 is 0 Å². The van der Waals surface area contributed by atoms with E-state index in [9.17, 15) is 8.42 Å². The third kappa shape index (κ3) is 8.04. The Labute approximate surface area is 128 Å². The molecule has 0 aliphatic rings. The number of sulfonamides is 1. The Bertz CT molecular complexity index is 477.